The van der Waals surface area contributed by atoms with Crippen LogP contribution in [-0.4, -0.2) is 45.2 Å². The average Bonchev–Trinajstić information content (AvgIpc) is 3.07. The predicted octanol–water partition coefficient (Wildman–Crippen LogP) is 3.24. The number of carbonyl (C=O) groups is 1. The molecule has 2 N–H and O–H groups in total. The van der Waals surface area contributed by atoms with E-state index in [0.717, 1.165) is 19.2 Å². The maximum absolute atomic E-state index is 11.2. The Bertz CT molecular complexity index is 998. The average molecular weight is 366 g/mol. The van der Waals surface area contributed by atoms with Crippen molar-refractivity contribution in [3.8, 4) is 0 Å². The molecule has 0 saturated heterocycles. The number of hydroxylamine groups is 1. The first-order chi connectivity index (χ1) is 15.3. The van der Waals surface area contributed by atoms with Crippen molar-refractivity contribution in [2.24, 2.45) is 0 Å². The molecule has 1 heterocycles. The number of hydrogen-bond acceptors (Lipinski definition) is 4. The van der Waals surface area contributed by atoms with Crippen molar-refractivity contribution in [2.45, 2.75) is 46.4 Å². The van der Waals surface area contributed by atoms with Gasteiger partial charge in [0.15, 0.2) is 0 Å². The minimum absolute atomic E-state index is 0.240. The van der Waals surface area contributed by atoms with E-state index in [4.69, 9.17) is 14.8 Å². The Labute approximate surface area is 165 Å². The predicted molar refractivity (Wildman–Crippen MR) is 105 cm³/mol. The lowest BCUT2D eigenvalue weighted by Gasteiger charge is -2.19. The molecule has 1 amide bonds. The van der Waals surface area contributed by atoms with Crippen molar-refractivity contribution in [3.63, 3.8) is 0 Å². The highest BCUT2D eigenvalue weighted by molar-refractivity contribution is 5.91. The van der Waals surface area contributed by atoms with Crippen LogP contribution in [0.4, 0.5) is 0 Å². The van der Waals surface area contributed by atoms with Gasteiger partial charge in [-0.3, -0.25) is 10.0 Å². The third-order valence-corrected chi connectivity index (χ3v) is 4.26. The summed E-state index contributed by atoms with van der Waals surface area (Å²) in [7, 11) is 0. The second-order valence-corrected chi connectivity index (χ2v) is 5.74. The van der Waals surface area contributed by atoms with E-state index in [2.05, 4.69) is 9.88 Å². The second-order valence-electron chi connectivity index (χ2n) is 5.74. The first-order valence-corrected chi connectivity index (χ1v) is 8.61. The highest BCUT2D eigenvalue weighted by atomic mass is 16.5. The minimum Gasteiger partial charge on any atom is -0.327 e. The summed E-state index contributed by atoms with van der Waals surface area (Å²) in [5.74, 6) is -0.454. The van der Waals surface area contributed by atoms with Crippen LogP contribution < -0.4 is 5.48 Å². The summed E-state index contributed by atoms with van der Waals surface area (Å²) >= 11 is 0. The van der Waals surface area contributed by atoms with Crippen molar-refractivity contribution in [1.82, 2.24) is 19.9 Å². The maximum atomic E-state index is 11.2. The zero-order valence-corrected chi connectivity index (χ0v) is 15.1. The van der Waals surface area contributed by atoms with Crippen LogP contribution in [0.1, 0.15) is 54.4 Å². The first-order valence-electron chi connectivity index (χ1n) is 12.1. The van der Waals surface area contributed by atoms with Crippen molar-refractivity contribution < 1.29 is 19.6 Å². The summed E-state index contributed by atoms with van der Waals surface area (Å²) in [6, 6.07) is 5.18. The number of nitrogens with one attached hydrogen (secondary N) is 1. The molecule has 0 bridgehead atoms. The van der Waals surface area contributed by atoms with Crippen LogP contribution >= 0.6 is 0 Å². The molecule has 0 aliphatic carbocycles. The van der Waals surface area contributed by atoms with Gasteiger partial charge in [0.25, 0.3) is 5.91 Å². The number of aromatic nitrogens is 2. The summed E-state index contributed by atoms with van der Waals surface area (Å²) in [4.78, 5) is 17.9. The van der Waals surface area contributed by atoms with Crippen molar-refractivity contribution in [1.29, 1.82) is 0 Å². The van der Waals surface area contributed by atoms with E-state index in [0.29, 0.717) is 29.7 Å². The molecule has 2 aromatic rings. The monoisotopic (exact) mass is 365 g/mol. The van der Waals surface area contributed by atoms with Crippen LogP contribution in [-0.2, 0) is 17.8 Å². The van der Waals surface area contributed by atoms with Crippen molar-refractivity contribution in [3.05, 3.63) is 35.7 Å². The number of carbonyl (C=O) groups excluding carboxylic acids is 1. The molecule has 26 heavy (non-hydrogen) atoms. The Morgan fingerprint density at radius 1 is 1.46 bits per heavy atom. The van der Waals surface area contributed by atoms with E-state index in [-0.39, 0.29) is 5.82 Å². The van der Waals surface area contributed by atoms with Gasteiger partial charge in [-0.2, -0.15) is 0 Å². The third kappa shape index (κ3) is 5.16. The Hall–Kier alpha value is -2.18. The molecule has 0 saturated carbocycles. The lowest BCUT2D eigenvalue weighted by molar-refractivity contribution is -0.124. The number of likely N-dealkylation sites (N-methyl/N-ethyl adjacent to an activating group) is 1. The number of hydrogen-bond donors (Lipinski definition) is 2. The summed E-state index contributed by atoms with van der Waals surface area (Å²) < 4.78 is 56.5. The molecule has 2 rings (SSSR count). The fourth-order valence-electron chi connectivity index (χ4n) is 2.80. The van der Waals surface area contributed by atoms with Crippen molar-refractivity contribution in [2.75, 3.05) is 19.6 Å². The largest absolute Gasteiger partial charge is 0.327 e. The van der Waals surface area contributed by atoms with E-state index in [1.165, 1.54) is 11.6 Å². The molecule has 6 nitrogen and oxygen atoms in total. The molecule has 0 aliphatic rings. The highest BCUT2D eigenvalue weighted by Gasteiger charge is 2.12. The number of imidazole rings is 1. The number of fused-ring (bicyclic) bond motifs is 1. The summed E-state index contributed by atoms with van der Waals surface area (Å²) in [6.45, 7) is 3.68. The molecule has 142 valence electrons. The van der Waals surface area contributed by atoms with Crippen molar-refractivity contribution >= 4 is 23.0 Å². The molecule has 0 unspecified atom stereocenters. The quantitative estimate of drug-likeness (QED) is 0.385. The Morgan fingerprint density at radius 3 is 2.96 bits per heavy atom. The van der Waals surface area contributed by atoms with Crippen LogP contribution in [0, 0.1) is 0 Å². The fraction of sp³-hybridized carbons (Fsp3) is 0.500. The Balaban J connectivity index is 2.52. The number of aryl methyl sites for hydroxylation is 1. The zero-order valence-electron chi connectivity index (χ0n) is 22.1. The standard InChI is InChI=1S/C20H30N4O2/c1-4-7-8-19-21-17-15-16(10-12-20(25)22-26)9-11-18(17)24(19)14-13-23(5-2)6-3/h9-12,15,26H,4-8,13-14H2,1-3H3,(H,22,25)/b12-10+/i1D3,4D2,7D2. The zero-order chi connectivity index (χ0) is 25.0. The second kappa shape index (κ2) is 10.1. The fourth-order valence-corrected chi connectivity index (χ4v) is 2.80. The molecule has 1 aromatic heterocycles. The van der Waals surface area contributed by atoms with Gasteiger partial charge in [0.2, 0.25) is 0 Å². The van der Waals surface area contributed by atoms with Gasteiger partial charge in [0.05, 0.1) is 11.0 Å². The van der Waals surface area contributed by atoms with Gasteiger partial charge in [-0.25, -0.2) is 10.5 Å². The molecule has 0 atom stereocenters. The molecular formula is C20H30N4O2. The van der Waals surface area contributed by atoms with E-state index < -0.39 is 31.9 Å². The van der Waals surface area contributed by atoms with Gasteiger partial charge >= 0.3 is 0 Å². The summed E-state index contributed by atoms with van der Waals surface area (Å²) in [6.07, 6.45) is -3.68. The Morgan fingerprint density at radius 2 is 2.27 bits per heavy atom. The molecule has 0 spiro atoms. The number of rotatable bonds is 10. The summed E-state index contributed by atoms with van der Waals surface area (Å²) in [5, 5.41) is 8.62. The lowest BCUT2D eigenvalue weighted by Crippen LogP contribution is -2.27. The molecular weight excluding hydrogens is 328 g/mol. The number of amides is 1. The number of benzene rings is 1. The molecule has 0 radical (unpaired) electrons. The van der Waals surface area contributed by atoms with Crippen LogP contribution in [0.2, 0.25) is 0 Å². The topological polar surface area (TPSA) is 70.4 Å². The molecule has 0 fully saturated rings. The van der Waals surface area contributed by atoms with Gasteiger partial charge in [-0.05, 0) is 43.2 Å². The smallest absolute Gasteiger partial charge is 0.267 e. The summed E-state index contributed by atoms with van der Waals surface area (Å²) in [5.41, 5.74) is 3.31. The first kappa shape index (κ1) is 12.3. The lowest BCUT2D eigenvalue weighted by atomic mass is 10.2. The van der Waals surface area contributed by atoms with Gasteiger partial charge in [0.1, 0.15) is 5.82 Å². The molecule has 0 aliphatic heterocycles. The van der Waals surface area contributed by atoms with E-state index in [9.17, 15) is 4.79 Å². The van der Waals surface area contributed by atoms with Crippen LogP contribution in [0.25, 0.3) is 17.1 Å². The number of nitrogens with zero attached hydrogens (tertiary/aromatic N) is 3. The Kier molecular flexibility index (Phi) is 4.75. The molecule has 1 aromatic carbocycles. The maximum Gasteiger partial charge on any atom is 0.267 e. The van der Waals surface area contributed by atoms with Gasteiger partial charge in [-0.1, -0.05) is 33.1 Å². The van der Waals surface area contributed by atoms with Crippen LogP contribution in [0.5, 0.6) is 0 Å². The minimum atomic E-state index is -3.14. The van der Waals surface area contributed by atoms with Crippen LogP contribution in [0.3, 0.4) is 0 Å². The van der Waals surface area contributed by atoms with E-state index in [1.54, 1.807) is 22.8 Å². The normalized spacial score (nSPS) is 17.3. The van der Waals surface area contributed by atoms with E-state index in [1.807, 2.05) is 13.8 Å². The highest BCUT2D eigenvalue weighted by Crippen LogP contribution is 2.20. The van der Waals surface area contributed by atoms with E-state index >= 15 is 0 Å². The SMILES string of the molecule is [2H]C([2H])([2H])C([2H])([2H])C([2H])([2H])Cc1nc2cc(/C=C/C(=O)NO)ccc2n1CCN(CC)CC. The molecule has 6 heteroatoms. The van der Waals surface area contributed by atoms with Gasteiger partial charge in [-0.15, -0.1) is 0 Å². The van der Waals surface area contributed by atoms with Gasteiger partial charge < -0.3 is 9.47 Å². The van der Waals surface area contributed by atoms with Gasteiger partial charge in [0, 0.05) is 35.2 Å². The third-order valence-electron chi connectivity index (χ3n) is 4.26. The van der Waals surface area contributed by atoms with Crippen LogP contribution in [0.15, 0.2) is 24.3 Å².